The average Bonchev–Trinajstić information content (AvgIpc) is 3.09. The molecule has 0 saturated carbocycles. The van der Waals surface area contributed by atoms with E-state index in [1.807, 2.05) is 18.3 Å². The number of benzene rings is 2. The van der Waals surface area contributed by atoms with Crippen molar-refractivity contribution in [1.29, 1.82) is 0 Å². The molecule has 0 spiro atoms. The zero-order valence-corrected chi connectivity index (χ0v) is 17.2. The Morgan fingerprint density at radius 2 is 1.46 bits per heavy atom. The van der Waals surface area contributed by atoms with Gasteiger partial charge in [-0.3, -0.25) is 4.98 Å². The van der Waals surface area contributed by atoms with Crippen molar-refractivity contribution >= 4 is 23.2 Å². The molecule has 4 rings (SSSR count). The van der Waals surface area contributed by atoms with Gasteiger partial charge in [0.05, 0.1) is 41.2 Å². The lowest BCUT2D eigenvalue weighted by Crippen LogP contribution is -1.99. The summed E-state index contributed by atoms with van der Waals surface area (Å²) < 4.78 is 27.9. The van der Waals surface area contributed by atoms with E-state index in [4.69, 9.17) is 28.7 Å². The Hall–Kier alpha value is -2.86. The standard InChI is InChI=1S/C21H21NO5.ClH/c1-23-14-7-6-11-8-13-16-12(10-22-18(13)17(11)19(14)25-3)9-15(24-2)20(26-4)21(16)27-5;/h6-7,9-10H,8H2,1-5H3;1H. The fourth-order valence-electron chi connectivity index (χ4n) is 3.87. The van der Waals surface area contributed by atoms with E-state index >= 15 is 0 Å². The minimum atomic E-state index is 0. The van der Waals surface area contributed by atoms with Crippen molar-refractivity contribution in [2.75, 3.05) is 35.5 Å². The maximum atomic E-state index is 5.73. The van der Waals surface area contributed by atoms with Crippen molar-refractivity contribution in [3.63, 3.8) is 0 Å². The number of fused-ring (bicyclic) bond motifs is 5. The Labute approximate surface area is 169 Å². The summed E-state index contributed by atoms with van der Waals surface area (Å²) in [5, 5.41) is 1.90. The van der Waals surface area contributed by atoms with Gasteiger partial charge in [-0.2, -0.15) is 0 Å². The van der Waals surface area contributed by atoms with Gasteiger partial charge >= 0.3 is 0 Å². The van der Waals surface area contributed by atoms with Crippen molar-refractivity contribution in [1.82, 2.24) is 4.98 Å². The Bertz CT molecular complexity index is 1050. The van der Waals surface area contributed by atoms with Crippen LogP contribution in [0.2, 0.25) is 0 Å². The molecule has 6 nitrogen and oxygen atoms in total. The topological polar surface area (TPSA) is 59.0 Å². The molecule has 1 aromatic heterocycles. The summed E-state index contributed by atoms with van der Waals surface area (Å²) in [6, 6.07) is 5.90. The van der Waals surface area contributed by atoms with Crippen molar-refractivity contribution < 1.29 is 23.7 Å². The third-order valence-electron chi connectivity index (χ3n) is 5.02. The van der Waals surface area contributed by atoms with Crippen LogP contribution in [0.25, 0.3) is 22.0 Å². The van der Waals surface area contributed by atoms with E-state index in [9.17, 15) is 0 Å². The summed E-state index contributed by atoms with van der Waals surface area (Å²) in [5.41, 5.74) is 4.05. The molecule has 0 bridgehead atoms. The molecule has 7 heteroatoms. The number of rotatable bonds is 5. The van der Waals surface area contributed by atoms with Crippen LogP contribution >= 0.6 is 12.4 Å². The summed E-state index contributed by atoms with van der Waals surface area (Å²) in [4.78, 5) is 4.73. The summed E-state index contributed by atoms with van der Waals surface area (Å²) in [6.45, 7) is 0. The number of hydrogen-bond donors (Lipinski definition) is 0. The predicted molar refractivity (Wildman–Crippen MR) is 110 cm³/mol. The first kappa shape index (κ1) is 19.9. The molecule has 1 heterocycles. The molecule has 1 aliphatic carbocycles. The molecule has 0 unspecified atom stereocenters. The molecule has 0 aliphatic heterocycles. The van der Waals surface area contributed by atoms with Gasteiger partial charge in [0.1, 0.15) is 0 Å². The number of aromatic nitrogens is 1. The molecule has 3 aromatic rings. The summed E-state index contributed by atoms with van der Waals surface area (Å²) in [6.07, 6.45) is 2.55. The number of ether oxygens (including phenoxy) is 5. The third-order valence-corrected chi connectivity index (χ3v) is 5.02. The molecular weight excluding hydrogens is 382 g/mol. The summed E-state index contributed by atoms with van der Waals surface area (Å²) >= 11 is 0. The lowest BCUT2D eigenvalue weighted by molar-refractivity contribution is 0.327. The molecule has 0 radical (unpaired) electrons. The number of halogens is 1. The first-order valence-corrected chi connectivity index (χ1v) is 8.53. The van der Waals surface area contributed by atoms with E-state index in [-0.39, 0.29) is 12.4 Å². The molecule has 28 heavy (non-hydrogen) atoms. The van der Waals surface area contributed by atoms with Gasteiger partial charge in [-0.05, 0) is 23.3 Å². The highest BCUT2D eigenvalue weighted by atomic mass is 35.5. The van der Waals surface area contributed by atoms with Crippen LogP contribution < -0.4 is 23.7 Å². The molecule has 2 aromatic carbocycles. The second kappa shape index (κ2) is 7.64. The van der Waals surface area contributed by atoms with E-state index in [1.165, 1.54) is 0 Å². The molecule has 148 valence electrons. The van der Waals surface area contributed by atoms with Crippen LogP contribution in [0.3, 0.4) is 0 Å². The van der Waals surface area contributed by atoms with Gasteiger partial charge in [-0.1, -0.05) is 6.07 Å². The number of nitrogens with zero attached hydrogens (tertiary/aromatic N) is 1. The van der Waals surface area contributed by atoms with Gasteiger partial charge in [0.2, 0.25) is 5.75 Å². The second-order valence-electron chi connectivity index (χ2n) is 6.21. The SMILES string of the molecule is COc1ccc2c(c1OC)-c1ncc3cc(OC)c(OC)c(OC)c3c1C2.Cl. The first-order chi connectivity index (χ1) is 13.2. The van der Waals surface area contributed by atoms with Crippen LogP contribution in [0.1, 0.15) is 11.1 Å². The van der Waals surface area contributed by atoms with E-state index < -0.39 is 0 Å². The smallest absolute Gasteiger partial charge is 0.203 e. The highest BCUT2D eigenvalue weighted by molar-refractivity contribution is 6.01. The second-order valence-corrected chi connectivity index (χ2v) is 6.21. The molecule has 0 atom stereocenters. The molecule has 1 aliphatic rings. The quantitative estimate of drug-likeness (QED) is 0.496. The van der Waals surface area contributed by atoms with Gasteiger partial charge in [-0.25, -0.2) is 0 Å². The minimum Gasteiger partial charge on any atom is -0.493 e. The van der Waals surface area contributed by atoms with Crippen LogP contribution in [-0.2, 0) is 6.42 Å². The first-order valence-electron chi connectivity index (χ1n) is 8.53. The number of hydrogen-bond acceptors (Lipinski definition) is 6. The Kier molecular flexibility index (Phi) is 5.42. The maximum absolute atomic E-state index is 5.73. The lowest BCUT2D eigenvalue weighted by Gasteiger charge is -2.17. The van der Waals surface area contributed by atoms with Gasteiger partial charge in [0.15, 0.2) is 23.0 Å². The molecule has 0 amide bonds. The molecule has 0 saturated heterocycles. The fourth-order valence-corrected chi connectivity index (χ4v) is 3.87. The van der Waals surface area contributed by atoms with E-state index in [2.05, 4.69) is 6.07 Å². The zero-order chi connectivity index (χ0) is 19.1. The van der Waals surface area contributed by atoms with Crippen molar-refractivity contribution in [2.24, 2.45) is 0 Å². The number of pyridine rings is 1. The van der Waals surface area contributed by atoms with Crippen LogP contribution in [0.5, 0.6) is 28.7 Å². The molecular formula is C21H22ClNO5. The molecule has 0 N–H and O–H groups in total. The Morgan fingerprint density at radius 1 is 0.786 bits per heavy atom. The monoisotopic (exact) mass is 403 g/mol. The van der Waals surface area contributed by atoms with Crippen LogP contribution in [0, 0.1) is 0 Å². The number of methoxy groups -OCH3 is 5. The lowest BCUT2D eigenvalue weighted by atomic mass is 10.0. The highest BCUT2D eigenvalue weighted by Gasteiger charge is 2.30. The average molecular weight is 404 g/mol. The summed E-state index contributed by atoms with van der Waals surface area (Å²) in [7, 11) is 8.13. The van der Waals surface area contributed by atoms with Crippen molar-refractivity contribution in [3.05, 3.63) is 35.5 Å². The van der Waals surface area contributed by atoms with Gasteiger partial charge in [-0.15, -0.1) is 12.4 Å². The zero-order valence-electron chi connectivity index (χ0n) is 16.4. The van der Waals surface area contributed by atoms with E-state index in [0.717, 1.165) is 39.6 Å². The van der Waals surface area contributed by atoms with Gasteiger partial charge in [0, 0.05) is 29.0 Å². The van der Waals surface area contributed by atoms with Crippen LogP contribution in [-0.4, -0.2) is 40.5 Å². The third kappa shape index (κ3) is 2.67. The van der Waals surface area contributed by atoms with Crippen LogP contribution in [0.15, 0.2) is 24.4 Å². The largest absolute Gasteiger partial charge is 0.493 e. The normalized spacial score (nSPS) is 11.3. The minimum absolute atomic E-state index is 0. The van der Waals surface area contributed by atoms with Crippen LogP contribution in [0.4, 0.5) is 0 Å². The van der Waals surface area contributed by atoms with Gasteiger partial charge in [0.25, 0.3) is 0 Å². The fraction of sp³-hybridized carbons (Fsp3) is 0.286. The van der Waals surface area contributed by atoms with Crippen molar-refractivity contribution in [2.45, 2.75) is 6.42 Å². The van der Waals surface area contributed by atoms with Gasteiger partial charge < -0.3 is 23.7 Å². The molecule has 0 fully saturated rings. The van der Waals surface area contributed by atoms with E-state index in [0.29, 0.717) is 28.7 Å². The van der Waals surface area contributed by atoms with E-state index in [1.54, 1.807) is 35.5 Å². The maximum Gasteiger partial charge on any atom is 0.203 e. The summed E-state index contributed by atoms with van der Waals surface area (Å²) in [5.74, 6) is 3.20. The van der Waals surface area contributed by atoms with Crippen molar-refractivity contribution in [3.8, 4) is 40.0 Å². The Morgan fingerprint density at radius 3 is 2.07 bits per heavy atom. The predicted octanol–water partition coefficient (Wildman–Crippen LogP) is 4.27. The highest BCUT2D eigenvalue weighted by Crippen LogP contribution is 2.51. The Balaban J connectivity index is 0.00000225.